The third-order valence-corrected chi connectivity index (χ3v) is 10.4. The van der Waals surface area contributed by atoms with Crippen LogP contribution in [0.5, 0.6) is 11.5 Å². The van der Waals surface area contributed by atoms with Crippen molar-refractivity contribution in [2.75, 3.05) is 43.0 Å². The highest BCUT2D eigenvalue weighted by molar-refractivity contribution is 7.98. The number of nitrogens with zero attached hydrogens (tertiary/aromatic N) is 1. The molecule has 13 heteroatoms. The van der Waals surface area contributed by atoms with Crippen LogP contribution in [0.1, 0.15) is 30.1 Å². The topological polar surface area (TPSA) is 131 Å². The fraction of sp³-hybridized carbons (Fsp3) is 0.321. The number of nitrogens with one attached hydrogen (secondary N) is 2. The molecule has 0 unspecified atom stereocenters. The van der Waals surface area contributed by atoms with Crippen molar-refractivity contribution in [3.63, 3.8) is 0 Å². The average Bonchev–Trinajstić information content (AvgIpc) is 2.97. The first-order valence-corrected chi connectivity index (χ1v) is 17.0. The van der Waals surface area contributed by atoms with Crippen LogP contribution >= 0.6 is 11.8 Å². The number of sulfonamides is 2. The van der Waals surface area contributed by atoms with Gasteiger partial charge in [-0.2, -0.15) is 0 Å². The molecule has 2 N–H and O–H groups in total. The molecule has 10 nitrogen and oxygen atoms in total. The van der Waals surface area contributed by atoms with Crippen LogP contribution in [0.25, 0.3) is 0 Å². The molecule has 1 amide bonds. The Morgan fingerprint density at radius 1 is 0.854 bits per heavy atom. The third kappa shape index (κ3) is 7.08. The number of methoxy groups -OCH3 is 2. The van der Waals surface area contributed by atoms with Crippen LogP contribution < -0.4 is 18.9 Å². The van der Waals surface area contributed by atoms with Crippen molar-refractivity contribution in [1.29, 1.82) is 0 Å². The Bertz CT molecular complexity index is 1620. The van der Waals surface area contributed by atoms with Gasteiger partial charge in [-0.1, -0.05) is 6.92 Å². The van der Waals surface area contributed by atoms with E-state index in [0.717, 1.165) is 12.8 Å². The van der Waals surface area contributed by atoms with Crippen LogP contribution in [0.4, 0.5) is 11.4 Å². The molecule has 3 aromatic carbocycles. The van der Waals surface area contributed by atoms with Crippen molar-refractivity contribution in [2.24, 2.45) is 5.92 Å². The fourth-order valence-electron chi connectivity index (χ4n) is 4.41. The van der Waals surface area contributed by atoms with Gasteiger partial charge in [0.05, 0.1) is 35.3 Å². The van der Waals surface area contributed by atoms with Crippen LogP contribution in [0.15, 0.2) is 75.4 Å². The van der Waals surface area contributed by atoms with Crippen molar-refractivity contribution in [1.82, 2.24) is 4.90 Å². The lowest BCUT2D eigenvalue weighted by molar-refractivity contribution is 0.0693. The first-order valence-electron chi connectivity index (χ1n) is 12.8. The number of amides is 1. The molecule has 0 spiro atoms. The molecule has 0 aliphatic carbocycles. The minimum atomic E-state index is -4.07. The summed E-state index contributed by atoms with van der Waals surface area (Å²) in [6, 6.07) is 14.4. The van der Waals surface area contributed by atoms with Gasteiger partial charge in [-0.15, -0.1) is 11.8 Å². The highest BCUT2D eigenvalue weighted by Gasteiger charge is 2.26. The van der Waals surface area contributed by atoms with Gasteiger partial charge >= 0.3 is 0 Å². The maximum absolute atomic E-state index is 13.3. The summed E-state index contributed by atoms with van der Waals surface area (Å²) in [5.41, 5.74) is 0.727. The van der Waals surface area contributed by atoms with Gasteiger partial charge < -0.3 is 14.4 Å². The lowest BCUT2D eigenvalue weighted by Crippen LogP contribution is -2.38. The van der Waals surface area contributed by atoms with Crippen molar-refractivity contribution < 1.29 is 31.1 Å². The molecular weight excluding hydrogens is 587 g/mol. The Morgan fingerprint density at radius 2 is 1.49 bits per heavy atom. The van der Waals surface area contributed by atoms with E-state index in [1.807, 2.05) is 6.26 Å². The quantitative estimate of drug-likeness (QED) is 0.307. The van der Waals surface area contributed by atoms with Gasteiger partial charge in [0, 0.05) is 29.7 Å². The highest BCUT2D eigenvalue weighted by atomic mass is 32.2. The maximum atomic E-state index is 13.3. The summed E-state index contributed by atoms with van der Waals surface area (Å²) in [6.45, 7) is 3.43. The Labute approximate surface area is 245 Å². The summed E-state index contributed by atoms with van der Waals surface area (Å²) in [6.07, 6.45) is 3.66. The van der Waals surface area contributed by atoms with Gasteiger partial charge in [0.25, 0.3) is 26.0 Å². The van der Waals surface area contributed by atoms with Crippen LogP contribution in [-0.4, -0.2) is 61.2 Å². The molecule has 1 saturated heterocycles. The lowest BCUT2D eigenvalue weighted by atomic mass is 9.98. The Hall–Kier alpha value is -3.42. The molecular formula is C28H33N3O7S3. The predicted octanol–water partition coefficient (Wildman–Crippen LogP) is 4.90. The van der Waals surface area contributed by atoms with Crippen LogP contribution in [0.2, 0.25) is 0 Å². The zero-order chi connectivity index (χ0) is 29.8. The minimum absolute atomic E-state index is 0.0611. The van der Waals surface area contributed by atoms with Gasteiger partial charge in [-0.3, -0.25) is 14.2 Å². The molecule has 0 bridgehead atoms. The van der Waals surface area contributed by atoms with Crippen molar-refractivity contribution in [3.8, 4) is 11.5 Å². The third-order valence-electron chi connectivity index (χ3n) is 6.85. The molecule has 1 heterocycles. The summed E-state index contributed by atoms with van der Waals surface area (Å²) in [5, 5.41) is 0. The highest BCUT2D eigenvalue weighted by Crippen LogP contribution is 2.32. The van der Waals surface area contributed by atoms with E-state index in [1.165, 1.54) is 68.4 Å². The largest absolute Gasteiger partial charge is 0.497 e. The smallest absolute Gasteiger partial charge is 0.262 e. The summed E-state index contributed by atoms with van der Waals surface area (Å²) in [4.78, 5) is 15.6. The Balaban J connectivity index is 1.52. The van der Waals surface area contributed by atoms with E-state index >= 15 is 0 Å². The number of piperidine rings is 1. The first-order chi connectivity index (χ1) is 19.5. The normalized spacial score (nSPS) is 14.4. The van der Waals surface area contributed by atoms with Crippen LogP contribution in [0, 0.1) is 5.92 Å². The SMILES string of the molecule is COc1ccc(NS(=O)(=O)c2ccc(NS(=O)(=O)c3ccc(SC)c(C(=O)N4CCC(C)CC4)c3)cc2)c(OC)c1. The number of thioether (sulfide) groups is 1. The fourth-order valence-corrected chi connectivity index (χ4v) is 7.13. The van der Waals surface area contributed by atoms with Crippen molar-refractivity contribution >= 4 is 49.1 Å². The zero-order valence-electron chi connectivity index (χ0n) is 23.2. The number of carbonyl (C=O) groups is 1. The van der Waals surface area contributed by atoms with Gasteiger partial charge in [0.2, 0.25) is 0 Å². The van der Waals surface area contributed by atoms with E-state index < -0.39 is 20.0 Å². The molecule has 0 saturated carbocycles. The van der Waals surface area contributed by atoms with Gasteiger partial charge in [-0.05, 0) is 79.6 Å². The van der Waals surface area contributed by atoms with E-state index in [2.05, 4.69) is 16.4 Å². The van der Waals surface area contributed by atoms with E-state index in [4.69, 9.17) is 9.47 Å². The van der Waals surface area contributed by atoms with E-state index in [1.54, 1.807) is 23.1 Å². The molecule has 1 aliphatic rings. The molecule has 0 aromatic heterocycles. The van der Waals surface area contributed by atoms with Gasteiger partial charge in [-0.25, -0.2) is 16.8 Å². The van der Waals surface area contributed by atoms with Crippen LogP contribution in [-0.2, 0) is 20.0 Å². The number of rotatable bonds is 10. The second kappa shape index (κ2) is 12.6. The minimum Gasteiger partial charge on any atom is -0.497 e. The van der Waals surface area contributed by atoms with E-state index in [-0.39, 0.29) is 32.8 Å². The van der Waals surface area contributed by atoms with Crippen LogP contribution in [0.3, 0.4) is 0 Å². The second-order valence-electron chi connectivity index (χ2n) is 9.64. The average molecular weight is 620 g/mol. The molecule has 0 radical (unpaired) electrons. The van der Waals surface area contributed by atoms with E-state index in [0.29, 0.717) is 35.2 Å². The molecule has 4 rings (SSSR count). The first kappa shape index (κ1) is 30.5. The van der Waals surface area contributed by atoms with Crippen molar-refractivity contribution in [2.45, 2.75) is 34.5 Å². The van der Waals surface area contributed by atoms with Crippen molar-refractivity contribution in [3.05, 3.63) is 66.2 Å². The van der Waals surface area contributed by atoms with Gasteiger partial charge in [0.1, 0.15) is 11.5 Å². The molecule has 1 aliphatic heterocycles. The molecule has 1 fully saturated rings. The maximum Gasteiger partial charge on any atom is 0.262 e. The van der Waals surface area contributed by atoms with E-state index in [9.17, 15) is 21.6 Å². The predicted molar refractivity (Wildman–Crippen MR) is 160 cm³/mol. The summed E-state index contributed by atoms with van der Waals surface area (Å²) >= 11 is 1.38. The number of likely N-dealkylation sites (tertiary alicyclic amines) is 1. The molecule has 3 aromatic rings. The lowest BCUT2D eigenvalue weighted by Gasteiger charge is -2.30. The number of hydrogen-bond donors (Lipinski definition) is 2. The number of carbonyl (C=O) groups excluding carboxylic acids is 1. The number of hydrogen-bond acceptors (Lipinski definition) is 8. The number of ether oxygens (including phenoxy) is 2. The Morgan fingerprint density at radius 3 is 2.10 bits per heavy atom. The number of benzene rings is 3. The van der Waals surface area contributed by atoms with Gasteiger partial charge in [0.15, 0.2) is 0 Å². The summed E-state index contributed by atoms with van der Waals surface area (Å²) in [7, 11) is -5.18. The zero-order valence-corrected chi connectivity index (χ0v) is 25.7. The molecule has 0 atom stereocenters. The summed E-state index contributed by atoms with van der Waals surface area (Å²) in [5.74, 6) is 1.14. The second-order valence-corrected chi connectivity index (χ2v) is 13.9. The standard InChI is InChI=1S/C28H33N3O7S3/c1-19-13-15-31(16-14-19)28(32)24-18-23(10-12-27(24)39-4)41(35,36)29-20-5-8-22(9-6-20)40(33,34)30-25-11-7-21(37-2)17-26(25)38-3/h5-12,17-19,29-30H,13-16H2,1-4H3. The molecule has 220 valence electrons. The Kier molecular flexibility index (Phi) is 9.40. The molecule has 41 heavy (non-hydrogen) atoms. The summed E-state index contributed by atoms with van der Waals surface area (Å²) < 4.78 is 67.8. The number of anilines is 2. The monoisotopic (exact) mass is 619 g/mol.